The summed E-state index contributed by atoms with van der Waals surface area (Å²) in [6.07, 6.45) is 0. The molecule has 1 aliphatic rings. The molecule has 0 aliphatic carbocycles. The number of nitro benzene ring substituents is 2. The van der Waals surface area contributed by atoms with Crippen LogP contribution in [0.4, 0.5) is 17.1 Å². The summed E-state index contributed by atoms with van der Waals surface area (Å²) in [4.78, 5) is 21.3. The molecule has 0 saturated carbocycles. The number of rotatable bonds is 3. The van der Waals surface area contributed by atoms with Crippen LogP contribution in [0, 0.1) is 20.2 Å². The lowest BCUT2D eigenvalue weighted by Crippen LogP contribution is -2.01. The van der Waals surface area contributed by atoms with Gasteiger partial charge in [-0.15, -0.1) is 0 Å². The van der Waals surface area contributed by atoms with Crippen molar-refractivity contribution >= 4 is 28.8 Å². The molecule has 0 bridgehead atoms. The van der Waals surface area contributed by atoms with Crippen LogP contribution in [-0.4, -0.2) is 9.85 Å². The number of nitrogens with one attached hydrogen (secondary N) is 1. The lowest BCUT2D eigenvalue weighted by Gasteiger charge is -2.10. The number of anilines is 1. The maximum absolute atomic E-state index is 10.8. The first-order valence-corrected chi connectivity index (χ1v) is 6.88. The Bertz CT molecular complexity index is 733. The first kappa shape index (κ1) is 13.4. The van der Waals surface area contributed by atoms with Gasteiger partial charge >= 0.3 is 0 Å². The van der Waals surface area contributed by atoms with E-state index in [0.717, 1.165) is 16.1 Å². The molecular formula is C13H9N3O4S. The zero-order chi connectivity index (χ0) is 15.0. The fraction of sp³-hybridized carbons (Fsp3) is 0.0769. The lowest BCUT2D eigenvalue weighted by atomic mass is 10.2. The molecule has 1 unspecified atom stereocenters. The molecule has 8 heteroatoms. The van der Waals surface area contributed by atoms with Crippen LogP contribution in [0.1, 0.15) is 10.9 Å². The summed E-state index contributed by atoms with van der Waals surface area (Å²) in [5.41, 5.74) is 1.79. The first-order chi connectivity index (χ1) is 10.0. The van der Waals surface area contributed by atoms with Gasteiger partial charge in [-0.05, 0) is 23.8 Å². The van der Waals surface area contributed by atoms with Crippen LogP contribution in [0.3, 0.4) is 0 Å². The van der Waals surface area contributed by atoms with Crippen molar-refractivity contribution in [2.75, 3.05) is 5.32 Å². The fourth-order valence-electron chi connectivity index (χ4n) is 2.06. The summed E-state index contributed by atoms with van der Waals surface area (Å²) in [6.45, 7) is 0. The van der Waals surface area contributed by atoms with Crippen molar-refractivity contribution in [1.29, 1.82) is 0 Å². The standard InChI is InChI=1S/C13H9N3O4S/c17-15(18)9-3-1-8(2-4-9)13-14-11-6-5-10(16(19)20)7-12(11)21-13/h1-7,13-14H. The molecule has 0 amide bonds. The lowest BCUT2D eigenvalue weighted by molar-refractivity contribution is -0.385. The number of fused-ring (bicyclic) bond motifs is 1. The molecule has 2 aromatic rings. The molecule has 1 aliphatic heterocycles. The average molecular weight is 303 g/mol. The molecule has 0 aromatic heterocycles. The Morgan fingerprint density at radius 1 is 0.952 bits per heavy atom. The van der Waals surface area contributed by atoms with E-state index < -0.39 is 9.85 Å². The monoisotopic (exact) mass is 303 g/mol. The summed E-state index contributed by atoms with van der Waals surface area (Å²) < 4.78 is 0. The predicted molar refractivity (Wildman–Crippen MR) is 78.4 cm³/mol. The van der Waals surface area contributed by atoms with Crippen molar-refractivity contribution in [2.45, 2.75) is 10.3 Å². The molecule has 1 N–H and O–H groups in total. The fourth-order valence-corrected chi connectivity index (χ4v) is 3.24. The second kappa shape index (κ2) is 5.06. The van der Waals surface area contributed by atoms with Crippen molar-refractivity contribution in [3.8, 4) is 0 Å². The summed E-state index contributed by atoms with van der Waals surface area (Å²) >= 11 is 1.45. The maximum atomic E-state index is 10.8. The Morgan fingerprint density at radius 2 is 1.57 bits per heavy atom. The molecule has 3 rings (SSSR count). The summed E-state index contributed by atoms with van der Waals surface area (Å²) in [7, 11) is 0. The minimum Gasteiger partial charge on any atom is -0.368 e. The zero-order valence-electron chi connectivity index (χ0n) is 10.6. The van der Waals surface area contributed by atoms with Crippen molar-refractivity contribution in [1.82, 2.24) is 0 Å². The Hall–Kier alpha value is -2.61. The van der Waals surface area contributed by atoms with E-state index >= 15 is 0 Å². The third-order valence-corrected chi connectivity index (χ3v) is 4.33. The average Bonchev–Trinajstić information content (AvgIpc) is 2.90. The van der Waals surface area contributed by atoms with Gasteiger partial charge in [-0.1, -0.05) is 11.8 Å². The third kappa shape index (κ3) is 2.52. The van der Waals surface area contributed by atoms with Gasteiger partial charge in [0.15, 0.2) is 0 Å². The highest BCUT2D eigenvalue weighted by Crippen LogP contribution is 2.47. The van der Waals surface area contributed by atoms with Crippen molar-refractivity contribution < 1.29 is 9.85 Å². The quantitative estimate of drug-likeness (QED) is 0.685. The number of non-ortho nitro benzene ring substituents is 2. The molecule has 0 saturated heterocycles. The highest BCUT2D eigenvalue weighted by molar-refractivity contribution is 8.00. The maximum Gasteiger partial charge on any atom is 0.270 e. The van der Waals surface area contributed by atoms with E-state index in [4.69, 9.17) is 0 Å². The van der Waals surface area contributed by atoms with E-state index in [1.807, 2.05) is 0 Å². The van der Waals surface area contributed by atoms with Crippen LogP contribution >= 0.6 is 11.8 Å². The smallest absolute Gasteiger partial charge is 0.270 e. The topological polar surface area (TPSA) is 98.3 Å². The highest BCUT2D eigenvalue weighted by Gasteiger charge is 2.25. The van der Waals surface area contributed by atoms with Gasteiger partial charge in [0.2, 0.25) is 0 Å². The van der Waals surface area contributed by atoms with Crippen molar-refractivity contribution in [2.24, 2.45) is 0 Å². The van der Waals surface area contributed by atoms with Crippen LogP contribution in [0.25, 0.3) is 0 Å². The van der Waals surface area contributed by atoms with Crippen LogP contribution in [-0.2, 0) is 0 Å². The van der Waals surface area contributed by atoms with Crippen LogP contribution < -0.4 is 5.32 Å². The highest BCUT2D eigenvalue weighted by atomic mass is 32.2. The predicted octanol–water partition coefficient (Wildman–Crippen LogP) is 3.72. The zero-order valence-corrected chi connectivity index (χ0v) is 11.4. The molecule has 2 aromatic carbocycles. The van der Waals surface area contributed by atoms with E-state index in [9.17, 15) is 20.2 Å². The van der Waals surface area contributed by atoms with Crippen molar-refractivity contribution in [3.63, 3.8) is 0 Å². The number of thioether (sulfide) groups is 1. The van der Waals surface area contributed by atoms with E-state index in [2.05, 4.69) is 5.32 Å². The molecule has 0 fully saturated rings. The van der Waals surface area contributed by atoms with Gasteiger partial charge in [-0.3, -0.25) is 20.2 Å². The van der Waals surface area contributed by atoms with Crippen LogP contribution in [0.5, 0.6) is 0 Å². The van der Waals surface area contributed by atoms with Gasteiger partial charge in [-0.2, -0.15) is 0 Å². The van der Waals surface area contributed by atoms with Gasteiger partial charge in [-0.25, -0.2) is 0 Å². The second-order valence-corrected chi connectivity index (χ2v) is 5.58. The van der Waals surface area contributed by atoms with E-state index in [1.165, 1.54) is 36.0 Å². The SMILES string of the molecule is O=[N+]([O-])c1ccc(C2Nc3ccc([N+](=O)[O-])cc3S2)cc1. The number of benzene rings is 2. The Kier molecular flexibility index (Phi) is 3.22. The Morgan fingerprint density at radius 3 is 2.19 bits per heavy atom. The van der Waals surface area contributed by atoms with E-state index in [-0.39, 0.29) is 16.7 Å². The molecule has 1 atom stereocenters. The Balaban J connectivity index is 1.84. The van der Waals surface area contributed by atoms with Gasteiger partial charge in [0, 0.05) is 34.8 Å². The van der Waals surface area contributed by atoms with E-state index in [0.29, 0.717) is 0 Å². The minimum absolute atomic E-state index is 0.0369. The normalized spacial score (nSPS) is 16.1. The first-order valence-electron chi connectivity index (χ1n) is 6.00. The number of hydrogen-bond donors (Lipinski definition) is 1. The van der Waals surface area contributed by atoms with Crippen LogP contribution in [0.15, 0.2) is 47.4 Å². The summed E-state index contributed by atoms with van der Waals surface area (Å²) in [5, 5.41) is 24.5. The minimum atomic E-state index is -0.447. The largest absolute Gasteiger partial charge is 0.368 e. The van der Waals surface area contributed by atoms with Gasteiger partial charge in [0.25, 0.3) is 11.4 Å². The second-order valence-electron chi connectivity index (χ2n) is 4.43. The molecule has 1 heterocycles. The van der Waals surface area contributed by atoms with Gasteiger partial charge < -0.3 is 5.32 Å². The molecule has 7 nitrogen and oxygen atoms in total. The number of hydrogen-bond acceptors (Lipinski definition) is 6. The van der Waals surface area contributed by atoms with E-state index in [1.54, 1.807) is 18.2 Å². The van der Waals surface area contributed by atoms with Gasteiger partial charge in [0.1, 0.15) is 5.37 Å². The third-order valence-electron chi connectivity index (χ3n) is 3.11. The molecule has 0 spiro atoms. The Labute approximate surface area is 123 Å². The molecule has 21 heavy (non-hydrogen) atoms. The number of nitro groups is 2. The van der Waals surface area contributed by atoms with Crippen LogP contribution in [0.2, 0.25) is 0 Å². The van der Waals surface area contributed by atoms with Crippen molar-refractivity contribution in [3.05, 3.63) is 68.3 Å². The number of nitrogens with zero attached hydrogens (tertiary/aromatic N) is 2. The summed E-state index contributed by atoms with van der Waals surface area (Å²) in [6, 6.07) is 10.9. The molecule has 106 valence electrons. The molecule has 0 radical (unpaired) electrons. The summed E-state index contributed by atoms with van der Waals surface area (Å²) in [5.74, 6) is 0. The molecular weight excluding hydrogens is 294 g/mol. The van der Waals surface area contributed by atoms with Gasteiger partial charge in [0.05, 0.1) is 9.85 Å².